The van der Waals surface area contributed by atoms with E-state index < -0.39 is 5.82 Å². The van der Waals surface area contributed by atoms with E-state index in [1.807, 2.05) is 13.0 Å². The first-order valence-corrected chi connectivity index (χ1v) is 6.97. The molecule has 0 aliphatic rings. The first-order chi connectivity index (χ1) is 10.2. The summed E-state index contributed by atoms with van der Waals surface area (Å²) in [5.41, 5.74) is 1.91. The van der Waals surface area contributed by atoms with E-state index in [-0.39, 0.29) is 5.69 Å². The van der Waals surface area contributed by atoms with Crippen LogP contribution in [0.4, 0.5) is 4.39 Å². The van der Waals surface area contributed by atoms with E-state index in [0.29, 0.717) is 22.1 Å². The molecule has 0 fully saturated rings. The number of hydrogen-bond acceptors (Lipinski definition) is 6. The fraction of sp³-hybridized carbons (Fsp3) is 0.154. The minimum atomic E-state index is -0.394. The van der Waals surface area contributed by atoms with Crippen LogP contribution in [-0.4, -0.2) is 25.4 Å². The van der Waals surface area contributed by atoms with Gasteiger partial charge in [-0.1, -0.05) is 12.1 Å². The van der Waals surface area contributed by atoms with Crippen molar-refractivity contribution in [1.82, 2.24) is 25.4 Å². The maximum atomic E-state index is 12.9. The molecule has 0 radical (unpaired) electrons. The number of nitriles is 1. The highest BCUT2D eigenvalue weighted by atomic mass is 32.1. The number of H-pyrrole nitrogens is 1. The molecule has 1 N–H and O–H groups in total. The van der Waals surface area contributed by atoms with Crippen molar-refractivity contribution in [3.8, 4) is 28.2 Å². The van der Waals surface area contributed by atoms with Gasteiger partial charge >= 0.3 is 0 Å². The van der Waals surface area contributed by atoms with E-state index in [1.54, 1.807) is 6.07 Å². The van der Waals surface area contributed by atoms with E-state index in [1.165, 1.54) is 17.4 Å². The van der Waals surface area contributed by atoms with E-state index in [9.17, 15) is 4.39 Å². The molecule has 6 nitrogen and oxygen atoms in total. The van der Waals surface area contributed by atoms with Crippen molar-refractivity contribution in [2.24, 2.45) is 0 Å². The van der Waals surface area contributed by atoms with Crippen LogP contribution in [0.3, 0.4) is 0 Å². The van der Waals surface area contributed by atoms with Gasteiger partial charge in [-0.15, -0.1) is 16.4 Å². The molecule has 0 saturated carbocycles. The summed E-state index contributed by atoms with van der Waals surface area (Å²) >= 11 is 1.45. The lowest BCUT2D eigenvalue weighted by Crippen LogP contribution is -1.88. The predicted octanol–water partition coefficient (Wildman–Crippen LogP) is 2.56. The molecule has 21 heavy (non-hydrogen) atoms. The highest BCUT2D eigenvalue weighted by Gasteiger charge is 2.19. The van der Waals surface area contributed by atoms with Crippen LogP contribution in [0.1, 0.15) is 17.5 Å². The summed E-state index contributed by atoms with van der Waals surface area (Å²) in [6, 6.07) is 4.91. The third-order valence-electron chi connectivity index (χ3n) is 2.85. The van der Waals surface area contributed by atoms with Crippen molar-refractivity contribution < 1.29 is 4.39 Å². The van der Waals surface area contributed by atoms with Gasteiger partial charge in [0.15, 0.2) is 5.69 Å². The van der Waals surface area contributed by atoms with Gasteiger partial charge in [0, 0.05) is 4.88 Å². The molecule has 0 spiro atoms. The van der Waals surface area contributed by atoms with Crippen LogP contribution in [0, 0.1) is 17.1 Å². The number of aromatic amines is 1. The molecular formula is C13H9FN6S. The van der Waals surface area contributed by atoms with Crippen LogP contribution in [0.15, 0.2) is 18.3 Å². The smallest absolute Gasteiger partial charge is 0.165 e. The molecule has 8 heteroatoms. The van der Waals surface area contributed by atoms with Gasteiger partial charge in [-0.25, -0.2) is 14.5 Å². The van der Waals surface area contributed by atoms with E-state index in [4.69, 9.17) is 5.26 Å². The summed E-state index contributed by atoms with van der Waals surface area (Å²) in [4.78, 5) is 9.49. The van der Waals surface area contributed by atoms with Crippen molar-refractivity contribution in [1.29, 1.82) is 5.26 Å². The molecule has 0 atom stereocenters. The number of thiazole rings is 1. The van der Waals surface area contributed by atoms with Crippen molar-refractivity contribution >= 4 is 11.3 Å². The van der Waals surface area contributed by atoms with E-state index in [2.05, 4.69) is 25.4 Å². The zero-order valence-electron chi connectivity index (χ0n) is 11.0. The number of nitrogens with one attached hydrogen (secondary N) is 1. The normalized spacial score (nSPS) is 10.5. The minimum absolute atomic E-state index is 0.272. The summed E-state index contributed by atoms with van der Waals surface area (Å²) < 4.78 is 12.9. The largest absolute Gasteiger partial charge is 0.251 e. The zero-order valence-corrected chi connectivity index (χ0v) is 11.8. The lowest BCUT2D eigenvalue weighted by molar-refractivity contribution is 0.622. The van der Waals surface area contributed by atoms with Crippen LogP contribution in [0.2, 0.25) is 0 Å². The lowest BCUT2D eigenvalue weighted by atomic mass is 10.2. The van der Waals surface area contributed by atoms with Gasteiger partial charge in [0.05, 0.1) is 11.9 Å². The Kier molecular flexibility index (Phi) is 3.41. The zero-order chi connectivity index (χ0) is 14.8. The fourth-order valence-corrected chi connectivity index (χ4v) is 2.84. The van der Waals surface area contributed by atoms with Crippen molar-refractivity contribution in [3.63, 3.8) is 0 Å². The molecule has 0 unspecified atom stereocenters. The Morgan fingerprint density at radius 1 is 1.38 bits per heavy atom. The molecule has 3 aromatic heterocycles. The number of aryl methyl sites for hydroxylation is 1. The Morgan fingerprint density at radius 3 is 2.90 bits per heavy atom. The fourth-order valence-electron chi connectivity index (χ4n) is 1.86. The Labute approximate surface area is 123 Å². The molecule has 0 aliphatic heterocycles. The number of hydrogen-bond donors (Lipinski definition) is 1. The van der Waals surface area contributed by atoms with Crippen molar-refractivity contribution in [2.45, 2.75) is 13.3 Å². The van der Waals surface area contributed by atoms with Crippen LogP contribution < -0.4 is 0 Å². The third kappa shape index (κ3) is 2.39. The van der Waals surface area contributed by atoms with Crippen molar-refractivity contribution in [2.75, 3.05) is 0 Å². The standard InChI is InChI=1S/C13H9FN6S/c1-2-10-12(11-9(5-15)18-20-19-11)17-13(21-10)8-4-3-7(14)6-16-8/h3-4,6H,2H2,1H3,(H,18,19,20). The molecule has 0 bridgehead atoms. The highest BCUT2D eigenvalue weighted by molar-refractivity contribution is 7.15. The third-order valence-corrected chi connectivity index (χ3v) is 4.07. The first-order valence-electron chi connectivity index (χ1n) is 6.16. The number of nitrogens with zero attached hydrogens (tertiary/aromatic N) is 5. The Morgan fingerprint density at radius 2 is 2.24 bits per heavy atom. The van der Waals surface area contributed by atoms with E-state index in [0.717, 1.165) is 17.5 Å². The second-order valence-electron chi connectivity index (χ2n) is 4.15. The van der Waals surface area contributed by atoms with Gasteiger partial charge in [-0.05, 0) is 18.6 Å². The second kappa shape index (κ2) is 5.38. The average molecular weight is 300 g/mol. The lowest BCUT2D eigenvalue weighted by Gasteiger charge is -1.94. The number of pyridine rings is 1. The average Bonchev–Trinajstić information content (AvgIpc) is 3.13. The quantitative estimate of drug-likeness (QED) is 0.802. The van der Waals surface area contributed by atoms with Gasteiger partial charge < -0.3 is 0 Å². The maximum absolute atomic E-state index is 12.9. The number of aromatic nitrogens is 5. The number of rotatable bonds is 3. The molecule has 0 amide bonds. The van der Waals surface area contributed by atoms with Gasteiger partial charge in [0.25, 0.3) is 0 Å². The molecule has 3 rings (SSSR count). The monoisotopic (exact) mass is 300 g/mol. The Hall–Kier alpha value is -2.66. The maximum Gasteiger partial charge on any atom is 0.165 e. The second-order valence-corrected chi connectivity index (χ2v) is 5.24. The van der Waals surface area contributed by atoms with E-state index >= 15 is 0 Å². The van der Waals surface area contributed by atoms with Crippen LogP contribution >= 0.6 is 11.3 Å². The highest BCUT2D eigenvalue weighted by Crippen LogP contribution is 2.33. The molecule has 104 valence electrons. The number of halogens is 1. The first kappa shape index (κ1) is 13.3. The molecule has 3 aromatic rings. The van der Waals surface area contributed by atoms with Gasteiger partial charge in [0.1, 0.15) is 28.3 Å². The predicted molar refractivity (Wildman–Crippen MR) is 74.8 cm³/mol. The summed E-state index contributed by atoms with van der Waals surface area (Å²) in [6.45, 7) is 1.99. The van der Waals surface area contributed by atoms with Gasteiger partial charge in [-0.3, -0.25) is 4.98 Å². The van der Waals surface area contributed by atoms with Crippen LogP contribution in [0.5, 0.6) is 0 Å². The molecule has 3 heterocycles. The van der Waals surface area contributed by atoms with Gasteiger partial charge in [0.2, 0.25) is 0 Å². The van der Waals surface area contributed by atoms with Crippen LogP contribution in [-0.2, 0) is 6.42 Å². The summed E-state index contributed by atoms with van der Waals surface area (Å²) in [5, 5.41) is 19.8. The Bertz CT molecular complexity index is 814. The minimum Gasteiger partial charge on any atom is -0.251 e. The summed E-state index contributed by atoms with van der Waals surface area (Å²) in [6.07, 6.45) is 1.89. The molecular weight excluding hydrogens is 291 g/mol. The SMILES string of the molecule is CCc1sc(-c2ccc(F)cn2)nc1-c1nn[nH]c1C#N. The molecule has 0 aromatic carbocycles. The summed E-state index contributed by atoms with van der Waals surface area (Å²) in [7, 11) is 0. The topological polar surface area (TPSA) is 91.1 Å². The summed E-state index contributed by atoms with van der Waals surface area (Å²) in [5.74, 6) is -0.394. The Balaban J connectivity index is 2.11. The molecule has 0 aliphatic carbocycles. The van der Waals surface area contributed by atoms with Crippen molar-refractivity contribution in [3.05, 3.63) is 34.7 Å². The van der Waals surface area contributed by atoms with Crippen LogP contribution in [0.25, 0.3) is 22.1 Å². The molecule has 0 saturated heterocycles. The van der Waals surface area contributed by atoms with Gasteiger partial charge in [-0.2, -0.15) is 5.26 Å².